The minimum absolute atomic E-state index is 0. The molecule has 1 aliphatic rings. The van der Waals surface area contributed by atoms with Crippen molar-refractivity contribution < 1.29 is 51.0 Å². The summed E-state index contributed by atoms with van der Waals surface area (Å²) in [6.07, 6.45) is 0.949. The minimum atomic E-state index is -2.61. The molecule has 1 aromatic carbocycles. The molecule has 0 aromatic heterocycles. The van der Waals surface area contributed by atoms with E-state index in [1.807, 2.05) is 6.07 Å². The van der Waals surface area contributed by atoms with Gasteiger partial charge in [0, 0.05) is 39.1 Å². The van der Waals surface area contributed by atoms with Crippen LogP contribution in [0.1, 0.15) is 18.4 Å². The zero-order chi connectivity index (χ0) is 16.1. The van der Waals surface area contributed by atoms with Gasteiger partial charge in [-0.2, -0.15) is 5.26 Å². The summed E-state index contributed by atoms with van der Waals surface area (Å²) in [4.78, 5) is 12.9. The first kappa shape index (κ1) is 20.2. The molecule has 23 heavy (non-hydrogen) atoms. The number of nitrogens with zero attached hydrogens (tertiary/aromatic N) is 2. The first-order valence-corrected chi connectivity index (χ1v) is 7.31. The number of carbonyl (C=O) groups is 1. The summed E-state index contributed by atoms with van der Waals surface area (Å²) in [5, 5.41) is 8.49. The fourth-order valence-electron chi connectivity index (χ4n) is 2.11. The van der Waals surface area contributed by atoms with E-state index in [0.717, 1.165) is 4.90 Å². The largest absolute Gasteiger partial charge is 0.479 e. The Kier molecular flexibility index (Phi) is 8.31. The number of halogens is 3. The van der Waals surface area contributed by atoms with Crippen molar-refractivity contribution in [2.45, 2.75) is 19.3 Å². The van der Waals surface area contributed by atoms with Crippen LogP contribution in [0.4, 0.5) is 8.78 Å². The van der Waals surface area contributed by atoms with Gasteiger partial charge in [0.15, 0.2) is 6.61 Å². The topological polar surface area (TPSA) is 53.3 Å². The van der Waals surface area contributed by atoms with Gasteiger partial charge < -0.3 is 9.64 Å². The number of rotatable bonds is 5. The number of alkyl halides is 2. The van der Waals surface area contributed by atoms with E-state index in [-0.39, 0.29) is 51.6 Å². The van der Waals surface area contributed by atoms with Crippen LogP contribution < -0.4 is 4.74 Å². The average Bonchev–Trinajstić information content (AvgIpc) is 2.47. The Labute approximate surface area is 166 Å². The molecule has 0 unspecified atom stereocenters. The van der Waals surface area contributed by atoms with Gasteiger partial charge in [-0.3, -0.25) is 4.79 Å². The van der Waals surface area contributed by atoms with Crippen LogP contribution in [0.5, 0.6) is 5.75 Å². The minimum Gasteiger partial charge on any atom is -0.479 e. The van der Waals surface area contributed by atoms with Crippen molar-refractivity contribution >= 4 is 27.5 Å². The normalized spacial score (nSPS) is 14.1. The molecular formula is C15H12BrF2N2O2Y-. The maximum Gasteiger partial charge on any atom is 0.256 e. The smallest absolute Gasteiger partial charge is 0.256 e. The number of ether oxygens (including phenoxy) is 1. The van der Waals surface area contributed by atoms with E-state index >= 15 is 0 Å². The van der Waals surface area contributed by atoms with Crippen molar-refractivity contribution in [3.05, 3.63) is 34.3 Å². The van der Waals surface area contributed by atoms with Crippen LogP contribution in [0, 0.1) is 17.4 Å². The molecular weight excluding hydrogens is 447 g/mol. The molecule has 4 nitrogen and oxygen atoms in total. The van der Waals surface area contributed by atoms with Crippen molar-refractivity contribution in [2.24, 2.45) is 0 Å². The molecule has 0 atom stereocenters. The molecule has 0 saturated heterocycles. The Morgan fingerprint density at radius 1 is 1.48 bits per heavy atom. The van der Waals surface area contributed by atoms with Crippen LogP contribution in [-0.4, -0.2) is 30.4 Å². The van der Waals surface area contributed by atoms with E-state index in [2.05, 4.69) is 22.0 Å². The van der Waals surface area contributed by atoms with Crippen molar-refractivity contribution in [2.75, 3.05) is 13.2 Å². The molecule has 1 aliphatic heterocycles. The second-order valence-corrected chi connectivity index (χ2v) is 5.36. The van der Waals surface area contributed by atoms with Gasteiger partial charge in [-0.15, -0.1) is 23.7 Å². The van der Waals surface area contributed by atoms with Crippen LogP contribution in [0.25, 0.3) is 5.70 Å². The molecule has 8 heteroatoms. The molecule has 0 spiro atoms. The average molecular weight is 459 g/mol. The number of amides is 1. The quantitative estimate of drug-likeness (QED) is 0.635. The van der Waals surface area contributed by atoms with E-state index in [1.54, 1.807) is 18.2 Å². The van der Waals surface area contributed by atoms with Crippen LogP contribution in [0.15, 0.2) is 22.7 Å². The molecule has 1 radical (unpaired) electrons. The Balaban J connectivity index is 0.00000264. The number of hydrogen-bond acceptors (Lipinski definition) is 3. The summed E-state index contributed by atoms with van der Waals surface area (Å²) in [5.41, 5.74) is 0.924. The molecule has 0 bridgehead atoms. The third kappa shape index (κ3) is 5.34. The zero-order valence-corrected chi connectivity index (χ0v) is 16.5. The van der Waals surface area contributed by atoms with Gasteiger partial charge in [0.05, 0.1) is 6.54 Å². The SMILES string of the molecule is N#CCOc1ccc(C2=[C-]CCC(=O)N2CC(F)F)c(Br)c1.[Y]. The van der Waals surface area contributed by atoms with Gasteiger partial charge in [0.1, 0.15) is 11.8 Å². The first-order valence-electron chi connectivity index (χ1n) is 6.52. The van der Waals surface area contributed by atoms with E-state index in [9.17, 15) is 13.6 Å². The number of nitriles is 1. The van der Waals surface area contributed by atoms with Crippen molar-refractivity contribution in [1.29, 1.82) is 5.26 Å². The zero-order valence-electron chi connectivity index (χ0n) is 12.1. The Morgan fingerprint density at radius 3 is 2.83 bits per heavy atom. The molecule has 1 heterocycles. The number of hydrogen-bond donors (Lipinski definition) is 0. The summed E-state index contributed by atoms with van der Waals surface area (Å²) in [7, 11) is 0. The van der Waals surface area contributed by atoms with Gasteiger partial charge in [-0.05, 0) is 12.1 Å². The third-order valence-corrected chi connectivity index (χ3v) is 3.68. The molecule has 0 saturated carbocycles. The summed E-state index contributed by atoms with van der Waals surface area (Å²) in [6, 6.07) is 6.75. The predicted molar refractivity (Wildman–Crippen MR) is 78.9 cm³/mol. The van der Waals surface area contributed by atoms with Crippen molar-refractivity contribution in [3.63, 3.8) is 0 Å². The van der Waals surface area contributed by atoms with Crippen molar-refractivity contribution in [3.8, 4) is 11.8 Å². The van der Waals surface area contributed by atoms with Crippen LogP contribution in [0.3, 0.4) is 0 Å². The van der Waals surface area contributed by atoms with Gasteiger partial charge >= 0.3 is 0 Å². The molecule has 0 N–H and O–H groups in total. The standard InChI is InChI=1S/C15H12BrF2N2O2.Y/c16-12-8-10(22-7-6-19)4-5-11(12)13-2-1-3-15(21)20(13)9-14(17)18;/h4-5,8,14H,1,3,7,9H2;/q-1;. The van der Waals surface area contributed by atoms with Gasteiger partial charge in [-0.25, -0.2) is 14.9 Å². The third-order valence-electron chi connectivity index (χ3n) is 3.02. The second kappa shape index (κ2) is 9.46. The Hall–Kier alpha value is -0.836. The summed E-state index contributed by atoms with van der Waals surface area (Å²) < 4.78 is 31.1. The van der Waals surface area contributed by atoms with E-state index in [1.165, 1.54) is 0 Å². The fraction of sp³-hybridized carbons (Fsp3) is 0.333. The van der Waals surface area contributed by atoms with E-state index in [0.29, 0.717) is 27.9 Å². The van der Waals surface area contributed by atoms with Gasteiger partial charge in [0.2, 0.25) is 5.91 Å². The van der Waals surface area contributed by atoms with Gasteiger partial charge in [-0.1, -0.05) is 20.4 Å². The monoisotopic (exact) mass is 458 g/mol. The number of carbonyl (C=O) groups excluding carboxylic acids is 1. The fourth-order valence-corrected chi connectivity index (χ4v) is 2.65. The summed E-state index contributed by atoms with van der Waals surface area (Å²) in [6.45, 7) is -0.739. The number of benzene rings is 1. The van der Waals surface area contributed by atoms with Crippen LogP contribution >= 0.6 is 15.9 Å². The Bertz CT molecular complexity index is 647. The first-order chi connectivity index (χ1) is 10.5. The maximum atomic E-state index is 12.7. The summed E-state index contributed by atoms with van der Waals surface area (Å²) in [5.74, 6) is 0.131. The number of allylic oxidation sites excluding steroid dienone is 1. The molecule has 1 amide bonds. The van der Waals surface area contributed by atoms with Crippen LogP contribution in [0.2, 0.25) is 0 Å². The predicted octanol–water partition coefficient (Wildman–Crippen LogP) is 3.38. The molecule has 0 aliphatic carbocycles. The van der Waals surface area contributed by atoms with Crippen molar-refractivity contribution in [1.82, 2.24) is 4.90 Å². The molecule has 119 valence electrons. The van der Waals surface area contributed by atoms with Crippen LogP contribution in [-0.2, 0) is 37.5 Å². The van der Waals surface area contributed by atoms with E-state index in [4.69, 9.17) is 10.00 Å². The molecule has 2 rings (SSSR count). The Morgan fingerprint density at radius 2 is 2.22 bits per heavy atom. The maximum absolute atomic E-state index is 12.7. The summed E-state index contributed by atoms with van der Waals surface area (Å²) >= 11 is 3.34. The second-order valence-electron chi connectivity index (χ2n) is 4.51. The molecule has 0 fully saturated rings. The van der Waals surface area contributed by atoms with Gasteiger partial charge in [0.25, 0.3) is 6.43 Å². The molecule has 1 aromatic rings. The van der Waals surface area contributed by atoms with E-state index < -0.39 is 13.0 Å².